The Labute approximate surface area is 129 Å². The Hall–Kier alpha value is -1.75. The predicted octanol–water partition coefficient (Wildman–Crippen LogP) is 2.97. The number of carboxylic acids is 1. The van der Waals surface area contributed by atoms with Crippen LogP contribution in [0.5, 0.6) is 5.75 Å². The summed E-state index contributed by atoms with van der Waals surface area (Å²) in [6, 6.07) is 3.74. The molecule has 21 heavy (non-hydrogen) atoms. The van der Waals surface area contributed by atoms with Gasteiger partial charge < -0.3 is 15.2 Å². The van der Waals surface area contributed by atoms with Gasteiger partial charge in [0.05, 0.1) is 12.2 Å². The summed E-state index contributed by atoms with van der Waals surface area (Å²) in [5, 5.41) is 12.1. The molecule has 0 aliphatic carbocycles. The van der Waals surface area contributed by atoms with Gasteiger partial charge in [-0.1, -0.05) is 31.9 Å². The Morgan fingerprint density at radius 2 is 2.05 bits per heavy atom. The lowest BCUT2D eigenvalue weighted by atomic mass is 9.99. The van der Waals surface area contributed by atoms with E-state index in [1.807, 2.05) is 6.92 Å². The van der Waals surface area contributed by atoms with Crippen molar-refractivity contribution in [3.63, 3.8) is 0 Å². The third-order valence-corrected chi connectivity index (χ3v) is 3.49. The van der Waals surface area contributed by atoms with Gasteiger partial charge in [0, 0.05) is 5.02 Å². The second-order valence-corrected chi connectivity index (χ2v) is 5.18. The molecule has 0 saturated carbocycles. The highest BCUT2D eigenvalue weighted by molar-refractivity contribution is 6.31. The van der Waals surface area contributed by atoms with Gasteiger partial charge in [0.15, 0.2) is 0 Å². The number of aliphatic carboxylic acids is 1. The van der Waals surface area contributed by atoms with Crippen molar-refractivity contribution >= 4 is 23.5 Å². The first kappa shape index (κ1) is 17.3. The van der Waals surface area contributed by atoms with Gasteiger partial charge >= 0.3 is 5.97 Å². The molecule has 1 aromatic carbocycles. The molecule has 1 rings (SSSR count). The number of hydrogen-bond acceptors (Lipinski definition) is 3. The lowest BCUT2D eigenvalue weighted by Gasteiger charge is -2.21. The fraction of sp³-hybridized carbons (Fsp3) is 0.467. The van der Waals surface area contributed by atoms with Crippen molar-refractivity contribution in [2.24, 2.45) is 5.92 Å². The van der Waals surface area contributed by atoms with E-state index in [1.165, 1.54) is 6.07 Å². The Kier molecular flexibility index (Phi) is 6.49. The smallest absolute Gasteiger partial charge is 0.326 e. The minimum absolute atomic E-state index is 0.179. The fourth-order valence-electron chi connectivity index (χ4n) is 1.86. The van der Waals surface area contributed by atoms with Crippen molar-refractivity contribution in [1.29, 1.82) is 0 Å². The average molecular weight is 314 g/mol. The van der Waals surface area contributed by atoms with Gasteiger partial charge in [-0.05, 0) is 31.0 Å². The fourth-order valence-corrected chi connectivity index (χ4v) is 2.04. The van der Waals surface area contributed by atoms with Crippen molar-refractivity contribution < 1.29 is 19.4 Å². The number of rotatable bonds is 7. The Bertz CT molecular complexity index is 518. The quantitative estimate of drug-likeness (QED) is 0.811. The molecule has 116 valence electrons. The van der Waals surface area contributed by atoms with Crippen LogP contribution in [0.25, 0.3) is 0 Å². The second kappa shape index (κ2) is 7.88. The number of amides is 1. The maximum atomic E-state index is 12.3. The van der Waals surface area contributed by atoms with E-state index in [1.54, 1.807) is 26.0 Å². The molecule has 0 aromatic heterocycles. The molecule has 0 radical (unpaired) electrons. The lowest BCUT2D eigenvalue weighted by Crippen LogP contribution is -2.45. The molecule has 2 N–H and O–H groups in total. The van der Waals surface area contributed by atoms with E-state index < -0.39 is 17.9 Å². The number of halogens is 1. The molecule has 0 saturated heterocycles. The number of carboxylic acid groups (broad SMARTS) is 1. The third kappa shape index (κ3) is 4.63. The molecule has 5 nitrogen and oxygen atoms in total. The maximum Gasteiger partial charge on any atom is 0.326 e. The molecule has 2 atom stereocenters. The highest BCUT2D eigenvalue weighted by Crippen LogP contribution is 2.23. The monoisotopic (exact) mass is 313 g/mol. The predicted molar refractivity (Wildman–Crippen MR) is 81.0 cm³/mol. The molecule has 0 aliphatic rings. The number of carbonyl (C=O) groups is 2. The highest BCUT2D eigenvalue weighted by Gasteiger charge is 2.26. The first-order valence-corrected chi connectivity index (χ1v) is 7.24. The molecule has 0 fully saturated rings. The van der Waals surface area contributed by atoms with E-state index in [-0.39, 0.29) is 11.5 Å². The van der Waals surface area contributed by atoms with E-state index >= 15 is 0 Å². The van der Waals surface area contributed by atoms with Crippen LogP contribution in [-0.4, -0.2) is 29.6 Å². The van der Waals surface area contributed by atoms with Crippen LogP contribution < -0.4 is 10.1 Å². The summed E-state index contributed by atoms with van der Waals surface area (Å²) in [7, 11) is 0. The van der Waals surface area contributed by atoms with Crippen LogP contribution in [0.3, 0.4) is 0 Å². The van der Waals surface area contributed by atoms with Crippen LogP contribution in [0.15, 0.2) is 18.2 Å². The number of nitrogens with one attached hydrogen (secondary N) is 1. The van der Waals surface area contributed by atoms with Gasteiger partial charge in [-0.25, -0.2) is 4.79 Å². The zero-order valence-corrected chi connectivity index (χ0v) is 13.1. The minimum Gasteiger partial charge on any atom is -0.493 e. The summed E-state index contributed by atoms with van der Waals surface area (Å²) >= 11 is 5.90. The molecule has 2 unspecified atom stereocenters. The third-order valence-electron chi connectivity index (χ3n) is 3.25. The van der Waals surface area contributed by atoms with Gasteiger partial charge in [0.1, 0.15) is 11.8 Å². The topological polar surface area (TPSA) is 75.6 Å². The van der Waals surface area contributed by atoms with Gasteiger partial charge in [-0.2, -0.15) is 0 Å². The van der Waals surface area contributed by atoms with Gasteiger partial charge in [-0.15, -0.1) is 0 Å². The van der Waals surface area contributed by atoms with E-state index in [0.717, 1.165) is 0 Å². The summed E-state index contributed by atoms with van der Waals surface area (Å²) in [6.45, 7) is 5.85. The standard InChI is InChI=1S/C15H20ClNO4/c1-4-9(3)13(15(19)20)17-14(18)11-8-10(16)6-7-12(11)21-5-2/h6-9,13H,4-5H2,1-3H3,(H,17,18)(H,19,20). The van der Waals surface area contributed by atoms with Crippen molar-refractivity contribution in [3.05, 3.63) is 28.8 Å². The minimum atomic E-state index is -1.06. The zero-order valence-electron chi connectivity index (χ0n) is 12.4. The number of ether oxygens (including phenoxy) is 1. The van der Waals surface area contributed by atoms with E-state index in [9.17, 15) is 14.7 Å². The van der Waals surface area contributed by atoms with Crippen LogP contribution >= 0.6 is 11.6 Å². The zero-order chi connectivity index (χ0) is 16.0. The summed E-state index contributed by atoms with van der Waals surface area (Å²) in [5.74, 6) is -1.36. The van der Waals surface area contributed by atoms with Crippen LogP contribution in [0.2, 0.25) is 5.02 Å². The molecule has 0 spiro atoms. The van der Waals surface area contributed by atoms with Gasteiger partial charge in [0.25, 0.3) is 5.91 Å². The average Bonchev–Trinajstić information content (AvgIpc) is 2.45. The molecule has 6 heteroatoms. The maximum absolute atomic E-state index is 12.3. The highest BCUT2D eigenvalue weighted by atomic mass is 35.5. The Morgan fingerprint density at radius 3 is 2.57 bits per heavy atom. The summed E-state index contributed by atoms with van der Waals surface area (Å²) < 4.78 is 5.38. The largest absolute Gasteiger partial charge is 0.493 e. The van der Waals surface area contributed by atoms with Crippen LogP contribution in [0.4, 0.5) is 0 Å². The molecule has 0 aliphatic heterocycles. The van der Waals surface area contributed by atoms with E-state index in [2.05, 4.69) is 5.32 Å². The number of carbonyl (C=O) groups excluding carboxylic acids is 1. The first-order chi connectivity index (χ1) is 9.90. The van der Waals surface area contributed by atoms with Crippen molar-refractivity contribution in [1.82, 2.24) is 5.32 Å². The number of benzene rings is 1. The van der Waals surface area contributed by atoms with Crippen LogP contribution in [0.1, 0.15) is 37.6 Å². The van der Waals surface area contributed by atoms with Crippen molar-refractivity contribution in [2.75, 3.05) is 6.61 Å². The van der Waals surface area contributed by atoms with E-state index in [0.29, 0.717) is 23.8 Å². The number of hydrogen-bond donors (Lipinski definition) is 2. The lowest BCUT2D eigenvalue weighted by molar-refractivity contribution is -0.140. The molecular weight excluding hydrogens is 294 g/mol. The van der Waals surface area contributed by atoms with Crippen molar-refractivity contribution in [2.45, 2.75) is 33.2 Å². The SMILES string of the molecule is CCOc1ccc(Cl)cc1C(=O)NC(C(=O)O)C(C)CC. The molecule has 0 heterocycles. The summed E-state index contributed by atoms with van der Waals surface area (Å²) in [5.41, 5.74) is 0.235. The second-order valence-electron chi connectivity index (χ2n) is 4.75. The summed E-state index contributed by atoms with van der Waals surface area (Å²) in [4.78, 5) is 23.6. The van der Waals surface area contributed by atoms with Gasteiger partial charge in [0.2, 0.25) is 0 Å². The first-order valence-electron chi connectivity index (χ1n) is 6.86. The van der Waals surface area contributed by atoms with Crippen molar-refractivity contribution in [3.8, 4) is 5.75 Å². The van der Waals surface area contributed by atoms with Crippen LogP contribution in [0, 0.1) is 5.92 Å². The van der Waals surface area contributed by atoms with Crippen LogP contribution in [-0.2, 0) is 4.79 Å². The van der Waals surface area contributed by atoms with E-state index in [4.69, 9.17) is 16.3 Å². The molecular formula is C15H20ClNO4. The normalized spacial score (nSPS) is 13.3. The molecule has 1 amide bonds. The van der Waals surface area contributed by atoms with Gasteiger partial charge in [-0.3, -0.25) is 4.79 Å². The summed E-state index contributed by atoms with van der Waals surface area (Å²) in [6.07, 6.45) is 0.644. The Balaban J connectivity index is 3.01. The molecule has 1 aromatic rings. The molecule has 0 bridgehead atoms. The Morgan fingerprint density at radius 1 is 1.38 bits per heavy atom.